The van der Waals surface area contributed by atoms with Crippen molar-refractivity contribution in [2.75, 3.05) is 0 Å². The predicted molar refractivity (Wildman–Crippen MR) is 96.7 cm³/mol. The van der Waals surface area contributed by atoms with Gasteiger partial charge in [-0.15, -0.1) is 0 Å². The Morgan fingerprint density at radius 3 is 1.12 bits per heavy atom. The lowest BCUT2D eigenvalue weighted by atomic mass is 9.71. The van der Waals surface area contributed by atoms with Crippen LogP contribution >= 0.6 is 0 Å². The van der Waals surface area contributed by atoms with Crippen LogP contribution in [0.25, 0.3) is 0 Å². The highest BCUT2D eigenvalue weighted by Crippen LogP contribution is 2.56. The molecule has 0 atom stereocenters. The summed E-state index contributed by atoms with van der Waals surface area (Å²) < 4.78 is 85.4. The molecule has 2 aromatic rings. The summed E-state index contributed by atoms with van der Waals surface area (Å²) in [7, 11) is 0. The van der Waals surface area contributed by atoms with E-state index < -0.39 is 74.9 Å². The second-order valence-corrected chi connectivity index (χ2v) is 6.61. The summed E-state index contributed by atoms with van der Waals surface area (Å²) in [4.78, 5) is 45.6. The second-order valence-electron chi connectivity index (χ2n) is 6.61. The van der Waals surface area contributed by atoms with Crippen molar-refractivity contribution in [3.8, 4) is 0 Å². The Balaban J connectivity index is 3.10. The molecule has 0 spiro atoms. The number of benzene rings is 2. The zero-order valence-electron chi connectivity index (χ0n) is 15.9. The number of amides is 2. The van der Waals surface area contributed by atoms with Crippen molar-refractivity contribution in [2.24, 2.45) is 11.5 Å². The van der Waals surface area contributed by atoms with E-state index in [-0.39, 0.29) is 24.3 Å². The Bertz CT molecular complexity index is 1080. The first-order valence-corrected chi connectivity index (χ1v) is 8.45. The van der Waals surface area contributed by atoms with Gasteiger partial charge in [0.05, 0.1) is 22.3 Å². The summed E-state index contributed by atoms with van der Waals surface area (Å²) in [6, 6.07) is 1.11. The normalized spacial score (nSPS) is 12.3. The number of alkyl halides is 6. The van der Waals surface area contributed by atoms with Gasteiger partial charge in [0.1, 0.15) is 0 Å². The number of halogens is 6. The molecule has 0 heterocycles. The standard InChI is InChI=1S/C19H12F6N2O6/c20-18(21,22)17(19(23,24)25,7-1-3-9(15(30)31)11(5-7)13(26)28)8-2-4-10(16(32)33)12(6-8)14(27)29/h1-6H,(H2,26,28)(H2,27,29)(H,30,31)(H,32,33). The number of carboxylic acids is 2. The number of nitrogens with two attached hydrogens (primary N) is 2. The Morgan fingerprint density at radius 2 is 0.909 bits per heavy atom. The van der Waals surface area contributed by atoms with Gasteiger partial charge >= 0.3 is 24.3 Å². The van der Waals surface area contributed by atoms with Gasteiger partial charge in [0, 0.05) is 0 Å². The number of hydrogen-bond acceptors (Lipinski definition) is 4. The highest BCUT2D eigenvalue weighted by atomic mass is 19.4. The zero-order valence-corrected chi connectivity index (χ0v) is 15.9. The number of hydrogen-bond donors (Lipinski definition) is 4. The molecule has 0 radical (unpaired) electrons. The fourth-order valence-electron chi connectivity index (χ4n) is 3.32. The van der Waals surface area contributed by atoms with Crippen LogP contribution in [0, 0.1) is 0 Å². The van der Waals surface area contributed by atoms with Crippen LogP contribution in [0.15, 0.2) is 36.4 Å². The molecule has 2 amide bonds. The van der Waals surface area contributed by atoms with E-state index in [1.807, 2.05) is 0 Å². The minimum atomic E-state index is -6.19. The second kappa shape index (κ2) is 8.11. The molecule has 0 unspecified atom stereocenters. The van der Waals surface area contributed by atoms with E-state index in [0.29, 0.717) is 12.1 Å². The number of carbonyl (C=O) groups excluding carboxylic acids is 2. The fraction of sp³-hybridized carbons (Fsp3) is 0.158. The van der Waals surface area contributed by atoms with E-state index in [1.54, 1.807) is 0 Å². The largest absolute Gasteiger partial charge is 0.478 e. The molecule has 0 saturated heterocycles. The Kier molecular flexibility index (Phi) is 6.18. The van der Waals surface area contributed by atoms with E-state index in [0.717, 1.165) is 0 Å². The number of primary amides is 2. The summed E-state index contributed by atoms with van der Waals surface area (Å²) in [6.45, 7) is 0. The molecule has 2 aromatic carbocycles. The molecule has 0 fully saturated rings. The van der Waals surface area contributed by atoms with Gasteiger partial charge in [-0.25, -0.2) is 9.59 Å². The van der Waals surface area contributed by atoms with Crippen molar-refractivity contribution in [1.82, 2.24) is 0 Å². The predicted octanol–water partition coefficient (Wildman–Crippen LogP) is 2.69. The van der Waals surface area contributed by atoms with Crippen LogP contribution in [0.1, 0.15) is 52.6 Å². The van der Waals surface area contributed by atoms with E-state index >= 15 is 0 Å². The van der Waals surface area contributed by atoms with Crippen LogP contribution in [0.4, 0.5) is 26.3 Å². The molecule has 0 aliphatic rings. The minimum Gasteiger partial charge on any atom is -0.478 e. The first-order chi connectivity index (χ1) is 15.0. The van der Waals surface area contributed by atoms with Crippen molar-refractivity contribution < 1.29 is 55.7 Å². The lowest BCUT2D eigenvalue weighted by Crippen LogP contribution is -2.55. The van der Waals surface area contributed by atoms with Gasteiger partial charge in [-0.1, -0.05) is 12.1 Å². The van der Waals surface area contributed by atoms with Crippen molar-refractivity contribution >= 4 is 23.8 Å². The van der Waals surface area contributed by atoms with Crippen LogP contribution in [-0.2, 0) is 5.41 Å². The van der Waals surface area contributed by atoms with Gasteiger partial charge in [-0.2, -0.15) is 26.3 Å². The Hall–Kier alpha value is -4.10. The summed E-state index contributed by atoms with van der Waals surface area (Å²) in [6.07, 6.45) is -12.4. The van der Waals surface area contributed by atoms with Crippen LogP contribution in [0.2, 0.25) is 0 Å². The maximum absolute atomic E-state index is 14.2. The monoisotopic (exact) mass is 478 g/mol. The molecule has 176 valence electrons. The molecule has 8 nitrogen and oxygen atoms in total. The summed E-state index contributed by atoms with van der Waals surface area (Å²) in [5, 5.41) is 18.1. The minimum absolute atomic E-state index is 0.0296. The topological polar surface area (TPSA) is 161 Å². The van der Waals surface area contributed by atoms with Crippen molar-refractivity contribution in [3.63, 3.8) is 0 Å². The summed E-state index contributed by atoms with van der Waals surface area (Å²) in [5.74, 6) is -6.93. The maximum atomic E-state index is 14.2. The molecular formula is C19H12F6N2O6. The van der Waals surface area contributed by atoms with Gasteiger partial charge in [0.2, 0.25) is 17.2 Å². The smallest absolute Gasteiger partial charge is 0.411 e. The van der Waals surface area contributed by atoms with Gasteiger partial charge in [0.15, 0.2) is 0 Å². The SMILES string of the molecule is NC(=O)c1cc(C(c2ccc(C(=O)O)c(C(N)=O)c2)(C(F)(F)F)C(F)(F)F)ccc1C(=O)O. The summed E-state index contributed by atoms with van der Waals surface area (Å²) in [5.41, 5.74) is -2.54. The third-order valence-electron chi connectivity index (χ3n) is 4.75. The first-order valence-electron chi connectivity index (χ1n) is 8.45. The van der Waals surface area contributed by atoms with Gasteiger partial charge in [0.25, 0.3) is 0 Å². The lowest BCUT2D eigenvalue weighted by Gasteiger charge is -2.38. The van der Waals surface area contributed by atoms with E-state index in [1.165, 1.54) is 0 Å². The van der Waals surface area contributed by atoms with E-state index in [2.05, 4.69) is 0 Å². The molecule has 0 aliphatic heterocycles. The van der Waals surface area contributed by atoms with E-state index in [9.17, 15) is 45.5 Å². The van der Waals surface area contributed by atoms with Crippen molar-refractivity contribution in [1.29, 1.82) is 0 Å². The lowest BCUT2D eigenvalue weighted by molar-refractivity contribution is -0.288. The Labute approximate surface area is 179 Å². The maximum Gasteiger partial charge on any atom is 0.411 e. The molecular weight excluding hydrogens is 466 g/mol. The van der Waals surface area contributed by atoms with Gasteiger partial charge in [-0.3, -0.25) is 9.59 Å². The van der Waals surface area contributed by atoms with Gasteiger partial charge < -0.3 is 21.7 Å². The Morgan fingerprint density at radius 1 is 0.606 bits per heavy atom. The number of carboxylic acid groups (broad SMARTS) is 2. The molecule has 6 N–H and O–H groups in total. The molecule has 0 aromatic heterocycles. The molecule has 0 bridgehead atoms. The number of aromatic carboxylic acids is 2. The molecule has 2 rings (SSSR count). The van der Waals surface area contributed by atoms with Crippen LogP contribution < -0.4 is 11.5 Å². The van der Waals surface area contributed by atoms with E-state index in [4.69, 9.17) is 21.7 Å². The molecule has 0 aliphatic carbocycles. The van der Waals surface area contributed by atoms with Crippen molar-refractivity contribution in [2.45, 2.75) is 17.8 Å². The zero-order chi connectivity index (χ0) is 25.5. The third kappa shape index (κ3) is 4.06. The van der Waals surface area contributed by atoms with Crippen LogP contribution in [0.5, 0.6) is 0 Å². The number of rotatable bonds is 6. The summed E-state index contributed by atoms with van der Waals surface area (Å²) >= 11 is 0. The molecule has 0 saturated carbocycles. The highest BCUT2D eigenvalue weighted by molar-refractivity contribution is 6.05. The van der Waals surface area contributed by atoms with Gasteiger partial charge in [-0.05, 0) is 35.4 Å². The average molecular weight is 478 g/mol. The first kappa shape index (κ1) is 25.2. The quantitative estimate of drug-likeness (QED) is 0.467. The van der Waals surface area contributed by atoms with Crippen molar-refractivity contribution in [3.05, 3.63) is 69.8 Å². The molecule has 33 heavy (non-hydrogen) atoms. The average Bonchev–Trinajstić information content (AvgIpc) is 2.65. The number of carbonyl (C=O) groups is 4. The highest BCUT2D eigenvalue weighted by Gasteiger charge is 2.72. The van der Waals surface area contributed by atoms with Crippen LogP contribution in [0.3, 0.4) is 0 Å². The fourth-order valence-corrected chi connectivity index (χ4v) is 3.32. The van der Waals surface area contributed by atoms with Crippen LogP contribution in [-0.4, -0.2) is 46.3 Å². The molecule has 14 heteroatoms. The third-order valence-corrected chi connectivity index (χ3v) is 4.75.